The zero-order chi connectivity index (χ0) is 10.7. The number of aryl methyl sites for hydroxylation is 1. The molecule has 3 nitrogen and oxygen atoms in total. The van der Waals surface area contributed by atoms with E-state index in [0.29, 0.717) is 6.04 Å². The number of thioether (sulfide) groups is 1. The Morgan fingerprint density at radius 2 is 2.53 bits per heavy atom. The lowest BCUT2D eigenvalue weighted by Crippen LogP contribution is -2.38. The van der Waals surface area contributed by atoms with E-state index >= 15 is 0 Å². The summed E-state index contributed by atoms with van der Waals surface area (Å²) in [6.45, 7) is 3.22. The van der Waals surface area contributed by atoms with Gasteiger partial charge in [-0.2, -0.15) is 16.9 Å². The van der Waals surface area contributed by atoms with Crippen LogP contribution in [-0.4, -0.2) is 26.8 Å². The molecule has 15 heavy (non-hydrogen) atoms. The molecule has 2 heterocycles. The summed E-state index contributed by atoms with van der Waals surface area (Å²) in [6.07, 6.45) is 4.64. The third kappa shape index (κ3) is 2.98. The van der Waals surface area contributed by atoms with Gasteiger partial charge >= 0.3 is 0 Å². The Morgan fingerprint density at radius 3 is 3.20 bits per heavy atom. The molecule has 1 aromatic heterocycles. The third-order valence-electron chi connectivity index (χ3n) is 2.92. The van der Waals surface area contributed by atoms with Gasteiger partial charge in [-0.1, -0.05) is 6.92 Å². The van der Waals surface area contributed by atoms with Gasteiger partial charge in [0.05, 0.1) is 5.69 Å². The predicted molar refractivity (Wildman–Crippen MR) is 65.0 cm³/mol. The zero-order valence-electron chi connectivity index (χ0n) is 9.44. The first-order valence-corrected chi connectivity index (χ1v) is 6.64. The Kier molecular flexibility index (Phi) is 3.70. The molecule has 2 rings (SSSR count). The first kappa shape index (κ1) is 11.0. The second-order valence-corrected chi connectivity index (χ2v) is 5.67. The number of nitrogens with zero attached hydrogens (tertiary/aromatic N) is 2. The Balaban J connectivity index is 1.81. The number of rotatable bonds is 3. The maximum absolute atomic E-state index is 4.37. The average Bonchev–Trinajstić information content (AvgIpc) is 2.63. The van der Waals surface area contributed by atoms with E-state index in [1.54, 1.807) is 0 Å². The van der Waals surface area contributed by atoms with Gasteiger partial charge < -0.3 is 5.32 Å². The molecule has 1 aliphatic heterocycles. The van der Waals surface area contributed by atoms with Crippen molar-refractivity contribution in [2.45, 2.75) is 37.6 Å². The molecule has 0 spiro atoms. The lowest BCUT2D eigenvalue weighted by molar-refractivity contribution is 0.457. The fraction of sp³-hybridized carbons (Fsp3) is 0.727. The van der Waals surface area contributed by atoms with Crippen molar-refractivity contribution in [2.75, 3.05) is 5.75 Å². The normalized spacial score (nSPS) is 26.8. The Morgan fingerprint density at radius 1 is 1.67 bits per heavy atom. The summed E-state index contributed by atoms with van der Waals surface area (Å²) in [6, 6.07) is 2.74. The molecule has 0 aromatic carbocycles. The maximum Gasteiger partial charge on any atom is 0.0762 e. The van der Waals surface area contributed by atoms with Crippen LogP contribution in [0.2, 0.25) is 0 Å². The van der Waals surface area contributed by atoms with Crippen LogP contribution >= 0.6 is 11.8 Å². The highest BCUT2D eigenvalue weighted by molar-refractivity contribution is 7.99. The smallest absolute Gasteiger partial charge is 0.0762 e. The van der Waals surface area contributed by atoms with Crippen molar-refractivity contribution >= 4 is 11.8 Å². The number of aromatic nitrogens is 2. The molecule has 0 amide bonds. The fourth-order valence-electron chi connectivity index (χ4n) is 1.98. The van der Waals surface area contributed by atoms with Gasteiger partial charge in [0.2, 0.25) is 0 Å². The van der Waals surface area contributed by atoms with Crippen LogP contribution in [-0.2, 0) is 13.6 Å². The molecule has 1 aliphatic rings. The molecular formula is C11H19N3S. The second-order valence-electron chi connectivity index (χ2n) is 4.19. The van der Waals surface area contributed by atoms with Crippen molar-refractivity contribution in [1.82, 2.24) is 15.1 Å². The molecule has 1 saturated heterocycles. The van der Waals surface area contributed by atoms with Crippen LogP contribution in [0.3, 0.4) is 0 Å². The second kappa shape index (κ2) is 5.03. The third-order valence-corrected chi connectivity index (χ3v) is 4.30. The number of hydrogen-bond donors (Lipinski definition) is 1. The van der Waals surface area contributed by atoms with E-state index in [1.807, 2.05) is 17.9 Å². The molecule has 1 fully saturated rings. The van der Waals surface area contributed by atoms with Crippen LogP contribution in [0.15, 0.2) is 12.3 Å². The first-order valence-electron chi connectivity index (χ1n) is 5.59. The number of nitrogens with one attached hydrogen (secondary N) is 1. The minimum atomic E-state index is 0.658. The monoisotopic (exact) mass is 225 g/mol. The van der Waals surface area contributed by atoms with E-state index in [2.05, 4.69) is 35.2 Å². The molecule has 0 saturated carbocycles. The van der Waals surface area contributed by atoms with Crippen molar-refractivity contribution in [1.29, 1.82) is 0 Å². The van der Waals surface area contributed by atoms with Crippen molar-refractivity contribution in [3.63, 3.8) is 0 Å². The Hall–Kier alpha value is -0.480. The summed E-state index contributed by atoms with van der Waals surface area (Å²) in [5.41, 5.74) is 1.14. The summed E-state index contributed by atoms with van der Waals surface area (Å²) < 4.78 is 1.86. The van der Waals surface area contributed by atoms with E-state index in [0.717, 1.165) is 17.5 Å². The van der Waals surface area contributed by atoms with E-state index < -0.39 is 0 Å². The minimum absolute atomic E-state index is 0.658. The molecule has 2 unspecified atom stereocenters. The summed E-state index contributed by atoms with van der Waals surface area (Å²) in [5.74, 6) is 1.32. The summed E-state index contributed by atoms with van der Waals surface area (Å²) >= 11 is 2.08. The largest absolute Gasteiger partial charge is 0.307 e. The van der Waals surface area contributed by atoms with Gasteiger partial charge in [0, 0.05) is 31.1 Å². The van der Waals surface area contributed by atoms with Gasteiger partial charge in [-0.25, -0.2) is 0 Å². The van der Waals surface area contributed by atoms with Crippen molar-refractivity contribution in [2.24, 2.45) is 7.05 Å². The van der Waals surface area contributed by atoms with Crippen LogP contribution in [0.4, 0.5) is 0 Å². The molecule has 1 aromatic rings. The van der Waals surface area contributed by atoms with E-state index in [1.165, 1.54) is 18.6 Å². The van der Waals surface area contributed by atoms with E-state index in [4.69, 9.17) is 0 Å². The molecule has 1 N–H and O–H groups in total. The van der Waals surface area contributed by atoms with E-state index in [9.17, 15) is 0 Å². The van der Waals surface area contributed by atoms with Crippen LogP contribution < -0.4 is 5.32 Å². The molecule has 0 aliphatic carbocycles. The van der Waals surface area contributed by atoms with Gasteiger partial charge in [0.15, 0.2) is 0 Å². The van der Waals surface area contributed by atoms with Gasteiger partial charge in [0.25, 0.3) is 0 Å². The summed E-state index contributed by atoms with van der Waals surface area (Å²) in [4.78, 5) is 0. The Labute approximate surface area is 95.6 Å². The fourth-order valence-corrected chi connectivity index (χ4v) is 3.15. The van der Waals surface area contributed by atoms with Crippen LogP contribution in [0, 0.1) is 0 Å². The molecule has 0 radical (unpaired) electrons. The highest BCUT2D eigenvalue weighted by Crippen LogP contribution is 2.25. The molecule has 84 valence electrons. The van der Waals surface area contributed by atoms with Gasteiger partial charge in [0.1, 0.15) is 0 Å². The topological polar surface area (TPSA) is 29.9 Å². The maximum atomic E-state index is 4.37. The Bertz CT molecular complexity index is 311. The zero-order valence-corrected chi connectivity index (χ0v) is 10.3. The quantitative estimate of drug-likeness (QED) is 0.850. The SMILES string of the molecule is CC1SCCCC1NCc1ccn(C)n1. The standard InChI is InChI=1S/C11H19N3S/c1-9-11(4-3-7-15-9)12-8-10-5-6-14(2)13-10/h5-6,9,11-12H,3-4,7-8H2,1-2H3. The van der Waals surface area contributed by atoms with Crippen molar-refractivity contribution in [3.05, 3.63) is 18.0 Å². The summed E-state index contributed by atoms with van der Waals surface area (Å²) in [7, 11) is 1.96. The van der Waals surface area contributed by atoms with Crippen LogP contribution in [0.1, 0.15) is 25.5 Å². The lowest BCUT2D eigenvalue weighted by atomic mass is 10.1. The molecule has 2 atom stereocenters. The predicted octanol–water partition coefficient (Wildman–Crippen LogP) is 1.79. The number of hydrogen-bond acceptors (Lipinski definition) is 3. The average molecular weight is 225 g/mol. The van der Waals surface area contributed by atoms with Crippen LogP contribution in [0.25, 0.3) is 0 Å². The highest BCUT2D eigenvalue weighted by atomic mass is 32.2. The van der Waals surface area contributed by atoms with Crippen molar-refractivity contribution < 1.29 is 0 Å². The van der Waals surface area contributed by atoms with Crippen LogP contribution in [0.5, 0.6) is 0 Å². The summed E-state index contributed by atoms with van der Waals surface area (Å²) in [5, 5.41) is 8.71. The van der Waals surface area contributed by atoms with Gasteiger partial charge in [-0.05, 0) is 24.7 Å². The minimum Gasteiger partial charge on any atom is -0.307 e. The first-order chi connectivity index (χ1) is 7.25. The lowest BCUT2D eigenvalue weighted by Gasteiger charge is -2.28. The molecule has 4 heteroatoms. The van der Waals surface area contributed by atoms with Gasteiger partial charge in [-0.15, -0.1) is 0 Å². The van der Waals surface area contributed by atoms with Gasteiger partial charge in [-0.3, -0.25) is 4.68 Å². The van der Waals surface area contributed by atoms with Crippen molar-refractivity contribution in [3.8, 4) is 0 Å². The van der Waals surface area contributed by atoms with E-state index in [-0.39, 0.29) is 0 Å². The molecular weight excluding hydrogens is 206 g/mol. The highest BCUT2D eigenvalue weighted by Gasteiger charge is 2.20. The molecule has 0 bridgehead atoms.